The van der Waals surface area contributed by atoms with Crippen LogP contribution in [0.1, 0.15) is 27.7 Å². The molecule has 0 saturated carbocycles. The Balaban J connectivity index is 1.95. The van der Waals surface area contributed by atoms with E-state index in [0.717, 1.165) is 11.1 Å². The lowest BCUT2D eigenvalue weighted by Gasteiger charge is -2.14. The van der Waals surface area contributed by atoms with Gasteiger partial charge in [-0.05, 0) is 18.6 Å². The highest BCUT2D eigenvalue weighted by molar-refractivity contribution is 6.05. The van der Waals surface area contributed by atoms with E-state index in [-0.39, 0.29) is 5.69 Å². The van der Waals surface area contributed by atoms with Crippen molar-refractivity contribution >= 4 is 22.8 Å². The zero-order valence-electron chi connectivity index (χ0n) is 13.4. The van der Waals surface area contributed by atoms with Crippen molar-refractivity contribution in [3.05, 3.63) is 65.4 Å². The Bertz CT molecular complexity index is 930. The lowest BCUT2D eigenvalue weighted by Crippen LogP contribution is -2.34. The highest BCUT2D eigenvalue weighted by atomic mass is 16.4. The van der Waals surface area contributed by atoms with Crippen molar-refractivity contribution in [2.45, 2.75) is 13.0 Å². The molecule has 6 heteroatoms. The van der Waals surface area contributed by atoms with Gasteiger partial charge in [-0.2, -0.15) is 5.10 Å². The number of benzene rings is 2. The largest absolute Gasteiger partial charge is 0.479 e. The lowest BCUT2D eigenvalue weighted by atomic mass is 10.0. The van der Waals surface area contributed by atoms with Crippen molar-refractivity contribution in [1.82, 2.24) is 15.1 Å². The maximum absolute atomic E-state index is 12.6. The van der Waals surface area contributed by atoms with Crippen LogP contribution in [0.5, 0.6) is 0 Å². The summed E-state index contributed by atoms with van der Waals surface area (Å²) < 4.78 is 1.60. The molecular weight excluding hydrogens is 306 g/mol. The first-order valence-corrected chi connectivity index (χ1v) is 7.49. The highest BCUT2D eigenvalue weighted by Gasteiger charge is 2.25. The van der Waals surface area contributed by atoms with Gasteiger partial charge in [0.05, 0.1) is 5.52 Å². The molecule has 1 atom stereocenters. The van der Waals surface area contributed by atoms with Gasteiger partial charge in [0, 0.05) is 12.4 Å². The van der Waals surface area contributed by atoms with E-state index >= 15 is 0 Å². The fourth-order valence-electron chi connectivity index (χ4n) is 2.72. The third-order valence-electron chi connectivity index (χ3n) is 3.87. The van der Waals surface area contributed by atoms with E-state index in [0.29, 0.717) is 10.9 Å². The molecule has 2 N–H and O–H groups in total. The van der Waals surface area contributed by atoms with Gasteiger partial charge in [-0.15, -0.1) is 0 Å². The van der Waals surface area contributed by atoms with Gasteiger partial charge in [0.2, 0.25) is 0 Å². The Kier molecular flexibility index (Phi) is 4.04. The summed E-state index contributed by atoms with van der Waals surface area (Å²) in [6.07, 6.45) is 0. The second-order valence-electron chi connectivity index (χ2n) is 5.65. The number of carboxylic acid groups (broad SMARTS) is 1. The second kappa shape index (κ2) is 6.16. The number of fused-ring (bicyclic) bond motifs is 1. The maximum atomic E-state index is 12.6. The predicted molar refractivity (Wildman–Crippen MR) is 89.7 cm³/mol. The molecule has 2 aromatic carbocycles. The number of carbonyl (C=O) groups excluding carboxylic acids is 1. The summed E-state index contributed by atoms with van der Waals surface area (Å²) in [4.78, 5) is 24.2. The number of nitrogens with zero attached hydrogens (tertiary/aromatic N) is 2. The van der Waals surface area contributed by atoms with Crippen LogP contribution in [0, 0.1) is 6.92 Å². The van der Waals surface area contributed by atoms with E-state index in [9.17, 15) is 14.7 Å². The summed E-state index contributed by atoms with van der Waals surface area (Å²) >= 11 is 0. The number of para-hydroxylation sites is 1. The summed E-state index contributed by atoms with van der Waals surface area (Å²) in [6.45, 7) is 1.87. The molecule has 0 unspecified atom stereocenters. The SMILES string of the molecule is Cc1cccc([C@@H](NC(=O)c2nn(C)c3ccccc23)C(=O)O)c1. The Morgan fingerprint density at radius 1 is 1.17 bits per heavy atom. The van der Waals surface area contributed by atoms with Gasteiger partial charge in [0.25, 0.3) is 5.91 Å². The van der Waals surface area contributed by atoms with Crippen LogP contribution in [0.4, 0.5) is 0 Å². The number of carbonyl (C=O) groups is 2. The minimum absolute atomic E-state index is 0.215. The van der Waals surface area contributed by atoms with Gasteiger partial charge in [0.15, 0.2) is 11.7 Å². The summed E-state index contributed by atoms with van der Waals surface area (Å²) in [5, 5.41) is 17.0. The van der Waals surface area contributed by atoms with Crippen LogP contribution < -0.4 is 5.32 Å². The summed E-state index contributed by atoms with van der Waals surface area (Å²) in [6, 6.07) is 13.3. The van der Waals surface area contributed by atoms with Gasteiger partial charge in [-0.3, -0.25) is 9.48 Å². The van der Waals surface area contributed by atoms with Gasteiger partial charge < -0.3 is 10.4 Å². The van der Waals surface area contributed by atoms with Crippen LogP contribution in [0.2, 0.25) is 0 Å². The molecule has 1 heterocycles. The third kappa shape index (κ3) is 2.86. The average molecular weight is 323 g/mol. The molecule has 0 fully saturated rings. The number of carboxylic acids is 1. The van der Waals surface area contributed by atoms with E-state index in [1.807, 2.05) is 31.2 Å². The monoisotopic (exact) mass is 323 g/mol. The lowest BCUT2D eigenvalue weighted by molar-refractivity contribution is -0.139. The van der Waals surface area contributed by atoms with Gasteiger partial charge in [-0.25, -0.2) is 4.79 Å². The number of hydrogen-bond acceptors (Lipinski definition) is 3. The molecule has 1 amide bonds. The molecule has 24 heavy (non-hydrogen) atoms. The fourth-order valence-corrected chi connectivity index (χ4v) is 2.72. The van der Waals surface area contributed by atoms with Crippen molar-refractivity contribution in [3.63, 3.8) is 0 Å². The molecule has 0 saturated heterocycles. The quantitative estimate of drug-likeness (QED) is 0.772. The molecule has 1 aromatic heterocycles. The van der Waals surface area contributed by atoms with Crippen LogP contribution in [-0.4, -0.2) is 26.8 Å². The van der Waals surface area contributed by atoms with Crippen molar-refractivity contribution in [2.24, 2.45) is 7.05 Å². The Morgan fingerprint density at radius 2 is 1.92 bits per heavy atom. The molecule has 3 rings (SSSR count). The van der Waals surface area contributed by atoms with E-state index < -0.39 is 17.9 Å². The number of aromatic nitrogens is 2. The first-order valence-electron chi connectivity index (χ1n) is 7.49. The van der Waals surface area contributed by atoms with E-state index in [2.05, 4.69) is 10.4 Å². The minimum atomic E-state index is -1.13. The molecule has 0 bridgehead atoms. The van der Waals surface area contributed by atoms with Crippen LogP contribution in [-0.2, 0) is 11.8 Å². The van der Waals surface area contributed by atoms with Crippen molar-refractivity contribution in [3.8, 4) is 0 Å². The maximum Gasteiger partial charge on any atom is 0.330 e. The molecule has 0 aliphatic carbocycles. The van der Waals surface area contributed by atoms with Crippen LogP contribution in [0.3, 0.4) is 0 Å². The van der Waals surface area contributed by atoms with Crippen molar-refractivity contribution < 1.29 is 14.7 Å². The smallest absolute Gasteiger partial charge is 0.330 e. The Hall–Kier alpha value is -3.15. The van der Waals surface area contributed by atoms with Gasteiger partial charge in [-0.1, -0.05) is 48.0 Å². The first kappa shape index (κ1) is 15.7. The molecule has 0 radical (unpaired) electrons. The molecule has 0 aliphatic heterocycles. The van der Waals surface area contributed by atoms with Gasteiger partial charge in [0.1, 0.15) is 0 Å². The third-order valence-corrected chi connectivity index (χ3v) is 3.87. The van der Waals surface area contributed by atoms with Crippen LogP contribution in [0.15, 0.2) is 48.5 Å². The van der Waals surface area contributed by atoms with E-state index in [4.69, 9.17) is 0 Å². The molecule has 6 nitrogen and oxygen atoms in total. The van der Waals surface area contributed by atoms with E-state index in [1.165, 1.54) is 0 Å². The average Bonchev–Trinajstić information content (AvgIpc) is 2.90. The second-order valence-corrected chi connectivity index (χ2v) is 5.65. The summed E-state index contributed by atoms with van der Waals surface area (Å²) in [5.74, 6) is -1.63. The summed E-state index contributed by atoms with van der Waals surface area (Å²) in [5.41, 5.74) is 2.48. The standard InChI is InChI=1S/C18H17N3O3/c1-11-6-5-7-12(10-11)15(18(23)24)19-17(22)16-13-8-3-4-9-14(13)21(2)20-16/h3-10,15H,1-2H3,(H,19,22)(H,23,24)/t15-/m1/s1. The topological polar surface area (TPSA) is 84.2 Å². The van der Waals surface area contributed by atoms with Crippen LogP contribution in [0.25, 0.3) is 10.9 Å². The zero-order chi connectivity index (χ0) is 17.3. The number of aliphatic carboxylic acids is 1. The highest BCUT2D eigenvalue weighted by Crippen LogP contribution is 2.20. The Morgan fingerprint density at radius 3 is 2.62 bits per heavy atom. The number of amides is 1. The zero-order valence-corrected chi connectivity index (χ0v) is 13.4. The fraction of sp³-hybridized carbons (Fsp3) is 0.167. The number of rotatable bonds is 4. The number of hydrogen-bond donors (Lipinski definition) is 2. The summed E-state index contributed by atoms with van der Waals surface area (Å²) in [7, 11) is 1.74. The first-order chi connectivity index (χ1) is 11.5. The van der Waals surface area contributed by atoms with Crippen molar-refractivity contribution in [1.29, 1.82) is 0 Å². The van der Waals surface area contributed by atoms with Crippen molar-refractivity contribution in [2.75, 3.05) is 0 Å². The normalized spacial score (nSPS) is 12.1. The molecule has 3 aromatic rings. The molecule has 0 spiro atoms. The number of nitrogens with one attached hydrogen (secondary N) is 1. The molecule has 0 aliphatic rings. The predicted octanol–water partition coefficient (Wildman–Crippen LogP) is 2.44. The molecular formula is C18H17N3O3. The van der Waals surface area contributed by atoms with Gasteiger partial charge >= 0.3 is 5.97 Å². The van der Waals surface area contributed by atoms with E-state index in [1.54, 1.807) is 36.0 Å². The molecule has 122 valence electrons. The van der Waals surface area contributed by atoms with Crippen LogP contribution >= 0.6 is 0 Å². The minimum Gasteiger partial charge on any atom is -0.479 e. The number of aryl methyl sites for hydroxylation is 2. The Labute approximate surface area is 138 Å².